The van der Waals surface area contributed by atoms with E-state index in [0.717, 1.165) is 39.0 Å². The smallest absolute Gasteiger partial charge is 0.222 e. The van der Waals surface area contributed by atoms with E-state index in [9.17, 15) is 9.59 Å². The molecular weight excluding hydrogens is 304 g/mol. The average Bonchev–Trinajstić information content (AvgIpc) is 2.95. The van der Waals surface area contributed by atoms with Gasteiger partial charge in [0.05, 0.1) is 6.61 Å². The number of ether oxygens (including phenoxy) is 1. The summed E-state index contributed by atoms with van der Waals surface area (Å²) in [4.78, 5) is 28.6. The lowest BCUT2D eigenvalue weighted by molar-refractivity contribution is -0.137. The molecule has 24 heavy (non-hydrogen) atoms. The molecule has 0 bridgehead atoms. The number of likely N-dealkylation sites (tertiary alicyclic amines) is 2. The number of nitrogens with zero attached hydrogens (tertiary/aromatic N) is 2. The van der Waals surface area contributed by atoms with Gasteiger partial charge in [0.15, 0.2) is 0 Å². The summed E-state index contributed by atoms with van der Waals surface area (Å²) in [5.41, 5.74) is 0.0437. The highest BCUT2D eigenvalue weighted by Gasteiger charge is 2.50. The first kappa shape index (κ1) is 17.7. The van der Waals surface area contributed by atoms with Crippen molar-refractivity contribution < 1.29 is 14.3 Å². The Morgan fingerprint density at radius 1 is 1.12 bits per heavy atom. The van der Waals surface area contributed by atoms with Crippen molar-refractivity contribution in [2.24, 2.45) is 17.3 Å². The predicted molar refractivity (Wildman–Crippen MR) is 92.4 cm³/mol. The van der Waals surface area contributed by atoms with E-state index in [-0.39, 0.29) is 11.3 Å². The van der Waals surface area contributed by atoms with Crippen LogP contribution in [0.4, 0.5) is 0 Å². The molecule has 0 aromatic rings. The minimum Gasteiger partial charge on any atom is -0.384 e. The van der Waals surface area contributed by atoms with E-state index in [1.807, 2.05) is 4.90 Å². The Morgan fingerprint density at radius 3 is 2.50 bits per heavy atom. The largest absolute Gasteiger partial charge is 0.384 e. The highest BCUT2D eigenvalue weighted by atomic mass is 16.5. The Balaban J connectivity index is 1.61. The monoisotopic (exact) mass is 336 g/mol. The van der Waals surface area contributed by atoms with Gasteiger partial charge in [-0.15, -0.1) is 0 Å². The first-order valence-corrected chi connectivity index (χ1v) is 9.56. The Bertz CT molecular complexity index is 475. The predicted octanol–water partition coefficient (Wildman–Crippen LogP) is 2.30. The second kappa shape index (κ2) is 7.42. The third-order valence-electron chi connectivity index (χ3n) is 6.55. The van der Waals surface area contributed by atoms with Crippen LogP contribution in [0.25, 0.3) is 0 Å². The molecule has 3 aliphatic rings. The lowest BCUT2D eigenvalue weighted by Gasteiger charge is -2.43. The van der Waals surface area contributed by atoms with Crippen molar-refractivity contribution in [3.63, 3.8) is 0 Å². The molecular formula is C19H32N2O3. The molecule has 2 aliphatic heterocycles. The van der Waals surface area contributed by atoms with Gasteiger partial charge in [0, 0.05) is 58.0 Å². The maximum Gasteiger partial charge on any atom is 0.222 e. The molecule has 3 fully saturated rings. The van der Waals surface area contributed by atoms with Gasteiger partial charge in [-0.1, -0.05) is 19.3 Å². The molecule has 1 saturated carbocycles. The molecule has 0 unspecified atom stereocenters. The van der Waals surface area contributed by atoms with E-state index < -0.39 is 0 Å². The molecule has 0 aromatic carbocycles. The average molecular weight is 336 g/mol. The van der Waals surface area contributed by atoms with Gasteiger partial charge < -0.3 is 14.5 Å². The standard InChI is InChI=1S/C19H32N2O3/c1-15(22)21-12-17-11-20(9-8-19(17,13-21)14-24-2)18(23)10-16-6-4-3-5-7-16/h16-17H,3-14H2,1-2H3/t17-,19+/m1/s1. The molecule has 0 aromatic heterocycles. The number of carbonyl (C=O) groups is 2. The summed E-state index contributed by atoms with van der Waals surface area (Å²) in [5, 5.41) is 0. The summed E-state index contributed by atoms with van der Waals surface area (Å²) in [5.74, 6) is 1.41. The zero-order valence-electron chi connectivity index (χ0n) is 15.3. The molecule has 1 aliphatic carbocycles. The lowest BCUT2D eigenvalue weighted by atomic mass is 9.73. The Labute approximate surface area is 145 Å². The maximum absolute atomic E-state index is 12.7. The molecule has 5 nitrogen and oxygen atoms in total. The second-order valence-electron chi connectivity index (χ2n) is 8.19. The van der Waals surface area contributed by atoms with E-state index in [4.69, 9.17) is 4.74 Å². The second-order valence-corrected chi connectivity index (χ2v) is 8.19. The summed E-state index contributed by atoms with van der Waals surface area (Å²) in [6, 6.07) is 0. The zero-order valence-corrected chi connectivity index (χ0v) is 15.3. The number of carbonyl (C=O) groups excluding carboxylic acids is 2. The van der Waals surface area contributed by atoms with Crippen LogP contribution in [0.5, 0.6) is 0 Å². The van der Waals surface area contributed by atoms with E-state index in [1.165, 1.54) is 32.1 Å². The first-order chi connectivity index (χ1) is 11.5. The van der Waals surface area contributed by atoms with Crippen molar-refractivity contribution in [2.45, 2.75) is 51.9 Å². The van der Waals surface area contributed by atoms with Gasteiger partial charge in [0.2, 0.25) is 11.8 Å². The number of rotatable bonds is 4. The van der Waals surface area contributed by atoms with Gasteiger partial charge in [-0.3, -0.25) is 9.59 Å². The van der Waals surface area contributed by atoms with Gasteiger partial charge >= 0.3 is 0 Å². The molecule has 2 heterocycles. The summed E-state index contributed by atoms with van der Waals surface area (Å²) < 4.78 is 5.49. The Kier molecular flexibility index (Phi) is 5.48. The minimum absolute atomic E-state index is 0.0437. The van der Waals surface area contributed by atoms with Crippen molar-refractivity contribution in [1.82, 2.24) is 9.80 Å². The minimum atomic E-state index is 0.0437. The van der Waals surface area contributed by atoms with Gasteiger partial charge in [0.1, 0.15) is 0 Å². The molecule has 5 heteroatoms. The molecule has 0 N–H and O–H groups in total. The van der Waals surface area contributed by atoms with Crippen molar-refractivity contribution in [3.8, 4) is 0 Å². The fourth-order valence-electron chi connectivity index (χ4n) is 5.04. The Hall–Kier alpha value is -1.10. The fourth-order valence-corrected chi connectivity index (χ4v) is 5.04. The molecule has 0 radical (unpaired) electrons. The summed E-state index contributed by atoms with van der Waals surface area (Å²) in [7, 11) is 1.74. The number of methoxy groups -OCH3 is 1. The maximum atomic E-state index is 12.7. The molecule has 2 amide bonds. The zero-order chi connectivity index (χ0) is 17.2. The number of piperidine rings is 1. The third kappa shape index (κ3) is 3.61. The molecule has 2 saturated heterocycles. The van der Waals surface area contributed by atoms with Crippen LogP contribution in [-0.4, -0.2) is 61.5 Å². The number of fused-ring (bicyclic) bond motifs is 1. The van der Waals surface area contributed by atoms with E-state index in [0.29, 0.717) is 24.3 Å². The summed E-state index contributed by atoms with van der Waals surface area (Å²) >= 11 is 0. The fraction of sp³-hybridized carbons (Fsp3) is 0.895. The van der Waals surface area contributed by atoms with E-state index in [2.05, 4.69) is 4.90 Å². The van der Waals surface area contributed by atoms with Crippen LogP contribution in [0.2, 0.25) is 0 Å². The van der Waals surface area contributed by atoms with E-state index >= 15 is 0 Å². The molecule has 136 valence electrons. The third-order valence-corrected chi connectivity index (χ3v) is 6.55. The Morgan fingerprint density at radius 2 is 1.83 bits per heavy atom. The number of amides is 2. The summed E-state index contributed by atoms with van der Waals surface area (Å²) in [6.45, 7) is 5.49. The summed E-state index contributed by atoms with van der Waals surface area (Å²) in [6.07, 6.45) is 8.00. The van der Waals surface area contributed by atoms with Crippen LogP contribution in [0.3, 0.4) is 0 Å². The normalized spacial score (nSPS) is 31.2. The highest BCUT2D eigenvalue weighted by Crippen LogP contribution is 2.43. The van der Waals surface area contributed by atoms with Crippen LogP contribution >= 0.6 is 0 Å². The van der Waals surface area contributed by atoms with E-state index in [1.54, 1.807) is 14.0 Å². The highest BCUT2D eigenvalue weighted by molar-refractivity contribution is 5.77. The van der Waals surface area contributed by atoms with Crippen LogP contribution < -0.4 is 0 Å². The van der Waals surface area contributed by atoms with Crippen molar-refractivity contribution >= 4 is 11.8 Å². The van der Waals surface area contributed by atoms with Gasteiger partial charge in [-0.25, -0.2) is 0 Å². The molecule has 3 rings (SSSR count). The van der Waals surface area contributed by atoms with Crippen molar-refractivity contribution in [2.75, 3.05) is 39.9 Å². The lowest BCUT2D eigenvalue weighted by Crippen LogP contribution is -2.51. The first-order valence-electron chi connectivity index (χ1n) is 9.56. The van der Waals surface area contributed by atoms with Crippen molar-refractivity contribution in [1.29, 1.82) is 0 Å². The number of hydrogen-bond donors (Lipinski definition) is 0. The van der Waals surface area contributed by atoms with Gasteiger partial charge in [-0.05, 0) is 25.2 Å². The molecule has 2 atom stereocenters. The number of hydrogen-bond acceptors (Lipinski definition) is 3. The quantitative estimate of drug-likeness (QED) is 0.791. The van der Waals surface area contributed by atoms with Crippen molar-refractivity contribution in [3.05, 3.63) is 0 Å². The SMILES string of the molecule is COC[C@@]12CCN(C(=O)CC3CCCCC3)C[C@@H]1CN(C(C)=O)C2. The topological polar surface area (TPSA) is 49.9 Å². The van der Waals surface area contributed by atoms with Crippen LogP contribution in [0.15, 0.2) is 0 Å². The van der Waals surface area contributed by atoms with Crippen LogP contribution in [0, 0.1) is 17.3 Å². The van der Waals surface area contributed by atoms with Gasteiger partial charge in [0.25, 0.3) is 0 Å². The molecule has 0 spiro atoms. The van der Waals surface area contributed by atoms with Crippen LogP contribution in [0.1, 0.15) is 51.9 Å². The van der Waals surface area contributed by atoms with Gasteiger partial charge in [-0.2, -0.15) is 0 Å². The van der Waals surface area contributed by atoms with Crippen LogP contribution in [-0.2, 0) is 14.3 Å².